The van der Waals surface area contributed by atoms with Crippen LogP contribution in [0.3, 0.4) is 0 Å². The van der Waals surface area contributed by atoms with Gasteiger partial charge in [-0.2, -0.15) is 18.4 Å². The number of nitrogens with zero attached hydrogens (tertiary/aromatic N) is 4. The summed E-state index contributed by atoms with van der Waals surface area (Å²) in [6.07, 6.45) is 2.62. The van der Waals surface area contributed by atoms with Crippen molar-refractivity contribution in [1.29, 1.82) is 5.26 Å². The second kappa shape index (κ2) is 11.2. The van der Waals surface area contributed by atoms with Crippen molar-refractivity contribution in [2.75, 3.05) is 25.1 Å². The van der Waals surface area contributed by atoms with Crippen molar-refractivity contribution >= 4 is 16.6 Å². The number of nitrogens with one attached hydrogen (secondary N) is 1. The Morgan fingerprint density at radius 2 is 1.92 bits per heavy atom. The molecular formula is C28H30F3N5O. The summed E-state index contributed by atoms with van der Waals surface area (Å²) in [5, 5.41) is 13.0. The molecule has 0 radical (unpaired) electrons. The highest BCUT2D eigenvalue weighted by Gasteiger charge is 2.30. The zero-order valence-electron chi connectivity index (χ0n) is 21.0. The van der Waals surface area contributed by atoms with Gasteiger partial charge in [0.25, 0.3) is 0 Å². The maximum Gasteiger partial charge on any atom is 0.406 e. The molecule has 0 unspecified atom stereocenters. The minimum Gasteiger partial charge on any atom is -0.381 e. The van der Waals surface area contributed by atoms with E-state index in [9.17, 15) is 18.4 Å². The molecule has 0 saturated carbocycles. The van der Waals surface area contributed by atoms with Crippen molar-refractivity contribution in [2.45, 2.75) is 57.7 Å². The van der Waals surface area contributed by atoms with E-state index >= 15 is 0 Å². The number of aromatic nitrogens is 3. The molecule has 3 aromatic heterocycles. The highest BCUT2D eigenvalue weighted by Crippen LogP contribution is 2.27. The van der Waals surface area contributed by atoms with Crippen LogP contribution in [0.25, 0.3) is 10.9 Å². The number of aryl methyl sites for hydroxylation is 1. The average Bonchev–Trinajstić information content (AvgIpc) is 3.21. The number of fused-ring (bicyclic) bond motifs is 1. The molecule has 0 amide bonds. The first-order valence-electron chi connectivity index (χ1n) is 12.4. The fraction of sp³-hybridized carbons (Fsp3) is 0.464. The maximum atomic E-state index is 13.3. The lowest BCUT2D eigenvalue weighted by Crippen LogP contribution is -2.18. The molecule has 1 N–H and O–H groups in total. The predicted octanol–water partition coefficient (Wildman–Crippen LogP) is 5.62. The average molecular weight is 510 g/mol. The Balaban J connectivity index is 1.48. The summed E-state index contributed by atoms with van der Waals surface area (Å²) in [7, 11) is 0. The number of pyridine rings is 2. The molecule has 0 spiro atoms. The molecule has 4 heterocycles. The summed E-state index contributed by atoms with van der Waals surface area (Å²) in [6.45, 7) is 4.25. The van der Waals surface area contributed by atoms with Crippen LogP contribution in [0.2, 0.25) is 0 Å². The van der Waals surface area contributed by atoms with Gasteiger partial charge in [-0.25, -0.2) is 0 Å². The molecule has 1 aliphatic rings. The number of ether oxygens (including phenoxy) is 1. The summed E-state index contributed by atoms with van der Waals surface area (Å²) >= 11 is 0. The number of rotatable bonds is 7. The summed E-state index contributed by atoms with van der Waals surface area (Å²) in [5.74, 6) is 6.40. The van der Waals surface area contributed by atoms with Gasteiger partial charge in [0, 0.05) is 24.3 Å². The molecule has 6 nitrogen and oxygen atoms in total. The Kier molecular flexibility index (Phi) is 8.04. The van der Waals surface area contributed by atoms with Gasteiger partial charge in [0.15, 0.2) is 0 Å². The van der Waals surface area contributed by atoms with Crippen LogP contribution in [-0.4, -0.2) is 40.5 Å². The lowest BCUT2D eigenvalue weighted by atomic mass is 9.91. The van der Waals surface area contributed by atoms with E-state index in [0.717, 1.165) is 44.6 Å². The van der Waals surface area contributed by atoms with E-state index in [-0.39, 0.29) is 6.54 Å². The smallest absolute Gasteiger partial charge is 0.381 e. The number of hydrogen-bond acceptors (Lipinski definition) is 5. The maximum absolute atomic E-state index is 13.3. The van der Waals surface area contributed by atoms with Crippen LogP contribution in [0.15, 0.2) is 36.7 Å². The molecule has 0 bridgehead atoms. The standard InChI is InChI=1S/C28H30F3N5O/c1-27(2,18-32)26-8-7-23(16-35-26)33-11-3-4-24-15-21-14-22(6-5-20-9-12-37-13-10-20)34-17-25(21)36(24)19-28(29,30)31/h7-8,14-17,20,33H,5-6,9-13,19H2,1-2H3. The van der Waals surface area contributed by atoms with Crippen LogP contribution in [0.1, 0.15) is 50.2 Å². The lowest BCUT2D eigenvalue weighted by Gasteiger charge is -2.21. The Morgan fingerprint density at radius 1 is 1.14 bits per heavy atom. The zero-order valence-corrected chi connectivity index (χ0v) is 21.0. The molecule has 9 heteroatoms. The highest BCUT2D eigenvalue weighted by molar-refractivity contribution is 5.82. The number of alkyl halides is 3. The first-order chi connectivity index (χ1) is 17.6. The van der Waals surface area contributed by atoms with Crippen LogP contribution < -0.4 is 5.32 Å². The molecule has 194 valence electrons. The van der Waals surface area contributed by atoms with Gasteiger partial charge in [-0.1, -0.05) is 5.92 Å². The van der Waals surface area contributed by atoms with Gasteiger partial charge < -0.3 is 14.6 Å². The van der Waals surface area contributed by atoms with E-state index in [1.165, 1.54) is 10.8 Å². The Labute approximate surface area is 214 Å². The normalized spacial score (nSPS) is 14.7. The summed E-state index contributed by atoms with van der Waals surface area (Å²) in [5.41, 5.74) is 2.26. The summed E-state index contributed by atoms with van der Waals surface area (Å²) in [4.78, 5) is 8.77. The zero-order chi connectivity index (χ0) is 26.5. The van der Waals surface area contributed by atoms with E-state index in [4.69, 9.17) is 4.74 Å². The third-order valence-electron chi connectivity index (χ3n) is 6.61. The van der Waals surface area contributed by atoms with Crippen molar-refractivity contribution in [1.82, 2.24) is 14.5 Å². The predicted molar refractivity (Wildman–Crippen MR) is 136 cm³/mol. The van der Waals surface area contributed by atoms with Gasteiger partial charge in [-0.05, 0) is 75.6 Å². The first kappa shape index (κ1) is 26.5. The quantitative estimate of drug-likeness (QED) is 0.419. The number of nitriles is 1. The molecule has 0 aromatic carbocycles. The first-order valence-corrected chi connectivity index (χ1v) is 12.4. The second-order valence-electron chi connectivity index (χ2n) is 9.88. The third kappa shape index (κ3) is 7.02. The Hall–Kier alpha value is -3.56. The van der Waals surface area contributed by atoms with Gasteiger partial charge >= 0.3 is 6.18 Å². The molecule has 1 aliphatic heterocycles. The molecule has 3 aromatic rings. The van der Waals surface area contributed by atoms with Crippen molar-refractivity contribution < 1.29 is 17.9 Å². The Morgan fingerprint density at radius 3 is 2.59 bits per heavy atom. The van der Waals surface area contributed by atoms with Crippen LogP contribution in [0.5, 0.6) is 0 Å². The third-order valence-corrected chi connectivity index (χ3v) is 6.61. The van der Waals surface area contributed by atoms with Gasteiger partial charge in [-0.15, -0.1) is 0 Å². The number of hydrogen-bond donors (Lipinski definition) is 1. The molecule has 4 rings (SSSR count). The van der Waals surface area contributed by atoms with Crippen LogP contribution >= 0.6 is 0 Å². The van der Waals surface area contributed by atoms with E-state index in [1.807, 2.05) is 6.07 Å². The summed E-state index contributed by atoms with van der Waals surface area (Å²) in [6, 6.07) is 9.36. The van der Waals surface area contributed by atoms with Gasteiger partial charge in [0.1, 0.15) is 6.54 Å². The topological polar surface area (TPSA) is 75.8 Å². The van der Waals surface area contributed by atoms with E-state index in [0.29, 0.717) is 33.9 Å². The molecule has 1 fully saturated rings. The van der Waals surface area contributed by atoms with Crippen LogP contribution in [0.4, 0.5) is 18.9 Å². The van der Waals surface area contributed by atoms with Gasteiger partial charge in [0.2, 0.25) is 0 Å². The van der Waals surface area contributed by atoms with Gasteiger partial charge in [0.05, 0.1) is 53.0 Å². The van der Waals surface area contributed by atoms with Crippen LogP contribution in [-0.2, 0) is 23.1 Å². The minimum absolute atomic E-state index is 0.227. The van der Waals surface area contributed by atoms with E-state index in [1.54, 1.807) is 38.2 Å². The van der Waals surface area contributed by atoms with Crippen molar-refractivity contribution in [3.63, 3.8) is 0 Å². The second-order valence-corrected chi connectivity index (χ2v) is 9.88. The molecule has 1 saturated heterocycles. The van der Waals surface area contributed by atoms with Crippen molar-refractivity contribution in [2.24, 2.45) is 5.92 Å². The van der Waals surface area contributed by atoms with Gasteiger partial charge in [-0.3, -0.25) is 9.97 Å². The number of halogens is 3. The van der Waals surface area contributed by atoms with E-state index in [2.05, 4.69) is 33.2 Å². The lowest BCUT2D eigenvalue weighted by molar-refractivity contribution is -0.140. The number of anilines is 1. The molecule has 0 atom stereocenters. The molecule has 0 aliphatic carbocycles. The highest BCUT2D eigenvalue weighted by atomic mass is 19.4. The van der Waals surface area contributed by atoms with Crippen molar-refractivity contribution in [3.05, 3.63) is 53.7 Å². The fourth-order valence-electron chi connectivity index (χ4n) is 4.39. The summed E-state index contributed by atoms with van der Waals surface area (Å²) < 4.78 is 46.6. The van der Waals surface area contributed by atoms with Crippen LogP contribution in [0, 0.1) is 29.1 Å². The largest absolute Gasteiger partial charge is 0.406 e. The van der Waals surface area contributed by atoms with E-state index < -0.39 is 18.1 Å². The minimum atomic E-state index is -4.38. The molecular weight excluding hydrogens is 479 g/mol. The van der Waals surface area contributed by atoms with Crippen molar-refractivity contribution in [3.8, 4) is 17.9 Å². The fourth-order valence-corrected chi connectivity index (χ4v) is 4.39. The monoisotopic (exact) mass is 509 g/mol. The molecule has 37 heavy (non-hydrogen) atoms. The Bertz CT molecular complexity index is 1320. The SMILES string of the molecule is CC(C)(C#N)c1ccc(NCC#Cc2cc3cc(CCC4CCOCC4)ncc3n2CC(F)(F)F)cn1.